The lowest BCUT2D eigenvalue weighted by atomic mass is 10.1. The van der Waals surface area contributed by atoms with Crippen LogP contribution in [0.15, 0.2) is 18.8 Å². The molecule has 14 heavy (non-hydrogen) atoms. The summed E-state index contributed by atoms with van der Waals surface area (Å²) in [5, 5.41) is 0. The van der Waals surface area contributed by atoms with E-state index in [2.05, 4.69) is 72.0 Å². The van der Waals surface area contributed by atoms with Gasteiger partial charge in [-0.1, -0.05) is 27.2 Å². The molecule has 0 aromatic carbocycles. The average Bonchev–Trinajstić information content (AvgIpc) is 2.21. The number of rotatable bonds is 6. The lowest BCUT2D eigenvalue weighted by Gasteiger charge is -2.04. The molecule has 0 N–H and O–H groups in total. The van der Waals surface area contributed by atoms with Crippen LogP contribution in [0.1, 0.15) is 52.9 Å². The summed E-state index contributed by atoms with van der Waals surface area (Å²) in [4.78, 5) is 0. The van der Waals surface area contributed by atoms with E-state index in [1.807, 2.05) is 0 Å². The first kappa shape index (κ1) is 14.9. The molecule has 0 saturated carbocycles. The van der Waals surface area contributed by atoms with Crippen LogP contribution in [0.4, 0.5) is 0 Å². The molecule has 0 rings (SSSR count). The van der Waals surface area contributed by atoms with Crippen molar-refractivity contribution in [3.63, 3.8) is 0 Å². The Morgan fingerprint density at radius 2 is 1.71 bits per heavy atom. The van der Waals surface area contributed by atoms with Gasteiger partial charge in [-0.05, 0) is 89.7 Å². The normalized spacial score (nSPS) is 14.2. The second-order valence-corrected chi connectivity index (χ2v) is 6.02. The summed E-state index contributed by atoms with van der Waals surface area (Å²) in [6, 6.07) is 0. The minimum atomic E-state index is 1.16. The van der Waals surface area contributed by atoms with Crippen LogP contribution in [0.3, 0.4) is 0 Å². The van der Waals surface area contributed by atoms with Crippen LogP contribution in [0.5, 0.6) is 0 Å². The Morgan fingerprint density at radius 1 is 1.07 bits per heavy atom. The molecule has 0 saturated heterocycles. The monoisotopic (exact) mass is 418 g/mol. The van der Waals surface area contributed by atoms with Gasteiger partial charge in [-0.2, -0.15) is 0 Å². The molecule has 0 aromatic rings. The van der Waals surface area contributed by atoms with Crippen molar-refractivity contribution in [2.75, 3.05) is 0 Å². The summed E-state index contributed by atoms with van der Waals surface area (Å²) in [6.45, 7) is 6.71. The van der Waals surface area contributed by atoms with Crippen LogP contribution < -0.4 is 0 Å². The van der Waals surface area contributed by atoms with Crippen LogP contribution in [0.25, 0.3) is 0 Å². The summed E-state index contributed by atoms with van der Waals surface area (Å²) in [7, 11) is 0. The Bertz CT molecular complexity index is 214. The van der Waals surface area contributed by atoms with E-state index in [-0.39, 0.29) is 0 Å². The summed E-state index contributed by atoms with van der Waals surface area (Å²) in [5.74, 6) is 0. The second-order valence-electron chi connectivity index (χ2n) is 3.33. The molecule has 0 aliphatic rings. The quantitative estimate of drug-likeness (QED) is 0.367. The van der Waals surface area contributed by atoms with E-state index in [0.29, 0.717) is 0 Å². The predicted molar refractivity (Wildman–Crippen MR) is 83.3 cm³/mol. The molecule has 0 bridgehead atoms. The topological polar surface area (TPSA) is 0 Å². The third-order valence-electron chi connectivity index (χ3n) is 2.14. The van der Waals surface area contributed by atoms with Crippen molar-refractivity contribution in [2.24, 2.45) is 0 Å². The van der Waals surface area contributed by atoms with E-state index in [1.54, 1.807) is 0 Å². The average molecular weight is 418 g/mol. The van der Waals surface area contributed by atoms with Crippen LogP contribution in [0.2, 0.25) is 0 Å². The van der Waals surface area contributed by atoms with E-state index in [9.17, 15) is 0 Å². The van der Waals surface area contributed by atoms with Crippen molar-refractivity contribution in [1.82, 2.24) is 0 Å². The zero-order valence-corrected chi connectivity index (χ0v) is 13.7. The molecule has 0 aromatic heterocycles. The van der Waals surface area contributed by atoms with E-state index in [4.69, 9.17) is 0 Å². The molecule has 2 heteroatoms. The molecule has 0 atom stereocenters. The van der Waals surface area contributed by atoms with Crippen molar-refractivity contribution < 1.29 is 0 Å². The van der Waals surface area contributed by atoms with E-state index in [1.165, 1.54) is 32.0 Å². The summed E-state index contributed by atoms with van der Waals surface area (Å²) in [5.41, 5.74) is 1.52. The van der Waals surface area contributed by atoms with Gasteiger partial charge in [0.1, 0.15) is 0 Å². The highest BCUT2D eigenvalue weighted by Gasteiger charge is 1.99. The highest BCUT2D eigenvalue weighted by Crippen LogP contribution is 2.25. The van der Waals surface area contributed by atoms with Crippen molar-refractivity contribution in [2.45, 2.75) is 52.9 Å². The molecule has 0 radical (unpaired) electrons. The maximum absolute atomic E-state index is 2.48. The molecule has 0 aliphatic heterocycles. The predicted octanol–water partition coefficient (Wildman–Crippen LogP) is 6.00. The largest absolute Gasteiger partial charge is 0.0654 e. The van der Waals surface area contributed by atoms with Crippen LogP contribution in [-0.2, 0) is 0 Å². The van der Waals surface area contributed by atoms with Crippen molar-refractivity contribution in [3.8, 4) is 0 Å². The first-order valence-corrected chi connectivity index (χ1v) is 7.54. The molecule has 0 unspecified atom stereocenters. The highest BCUT2D eigenvalue weighted by atomic mass is 127. The maximum Gasteiger partial charge on any atom is -0.00646 e. The molecule has 0 nitrogen and oxygen atoms in total. The molecule has 0 aliphatic carbocycles. The van der Waals surface area contributed by atoms with Gasteiger partial charge in [0.25, 0.3) is 0 Å². The lowest BCUT2D eigenvalue weighted by molar-refractivity contribution is 0.811. The Balaban J connectivity index is 4.42. The molecule has 0 fully saturated rings. The fourth-order valence-corrected chi connectivity index (χ4v) is 2.50. The smallest absolute Gasteiger partial charge is 0.00646 e. The zero-order chi connectivity index (χ0) is 11.0. The molecular formula is C12H20I2. The fourth-order valence-electron chi connectivity index (χ4n) is 1.21. The van der Waals surface area contributed by atoms with Gasteiger partial charge in [0.15, 0.2) is 0 Å². The number of halogens is 2. The Morgan fingerprint density at radius 3 is 2.14 bits per heavy atom. The van der Waals surface area contributed by atoms with Gasteiger partial charge in [0.2, 0.25) is 0 Å². The summed E-state index contributed by atoms with van der Waals surface area (Å²) in [6.07, 6.45) is 8.54. The van der Waals surface area contributed by atoms with Crippen LogP contribution in [0, 0.1) is 0 Å². The minimum absolute atomic E-state index is 1.16. The van der Waals surface area contributed by atoms with Crippen LogP contribution >= 0.6 is 45.2 Å². The molecule has 0 spiro atoms. The third-order valence-corrected chi connectivity index (χ3v) is 4.45. The van der Waals surface area contributed by atoms with Gasteiger partial charge in [0, 0.05) is 0 Å². The second kappa shape index (κ2) is 9.19. The van der Waals surface area contributed by atoms with Crippen LogP contribution in [-0.4, -0.2) is 0 Å². The van der Waals surface area contributed by atoms with Gasteiger partial charge >= 0.3 is 0 Å². The number of unbranched alkanes of at least 4 members (excludes halogenated alkanes) is 1. The number of allylic oxidation sites excluding steroid dienone is 4. The highest BCUT2D eigenvalue weighted by molar-refractivity contribution is 14.1. The first-order valence-electron chi connectivity index (χ1n) is 5.39. The van der Waals surface area contributed by atoms with Gasteiger partial charge < -0.3 is 0 Å². The van der Waals surface area contributed by atoms with Crippen molar-refractivity contribution >= 4 is 45.2 Å². The SMILES string of the molecule is CCCC/C(I)=C/C(CC)=C(\I)CC. The lowest BCUT2D eigenvalue weighted by Crippen LogP contribution is -1.82. The first-order chi connectivity index (χ1) is 6.65. The van der Waals surface area contributed by atoms with Gasteiger partial charge in [-0.3, -0.25) is 0 Å². The third kappa shape index (κ3) is 6.43. The summed E-state index contributed by atoms with van der Waals surface area (Å²) >= 11 is 4.95. The summed E-state index contributed by atoms with van der Waals surface area (Å²) < 4.78 is 3.01. The Hall–Kier alpha value is 0.940. The number of hydrogen-bond donors (Lipinski definition) is 0. The fraction of sp³-hybridized carbons (Fsp3) is 0.667. The maximum atomic E-state index is 2.48. The molecular weight excluding hydrogens is 398 g/mol. The van der Waals surface area contributed by atoms with Gasteiger partial charge in [0.05, 0.1) is 0 Å². The zero-order valence-electron chi connectivity index (χ0n) is 9.37. The van der Waals surface area contributed by atoms with E-state index < -0.39 is 0 Å². The van der Waals surface area contributed by atoms with Gasteiger partial charge in [-0.25, -0.2) is 0 Å². The Labute approximate surface area is 116 Å². The van der Waals surface area contributed by atoms with Crippen molar-refractivity contribution in [3.05, 3.63) is 18.8 Å². The van der Waals surface area contributed by atoms with E-state index >= 15 is 0 Å². The minimum Gasteiger partial charge on any atom is -0.0654 e. The molecule has 0 amide bonds. The van der Waals surface area contributed by atoms with E-state index in [0.717, 1.165) is 12.8 Å². The molecule has 0 heterocycles. The Kier molecular flexibility index (Phi) is 9.80. The molecule has 82 valence electrons. The van der Waals surface area contributed by atoms with Crippen molar-refractivity contribution in [1.29, 1.82) is 0 Å². The standard InChI is InChI=1S/C12H20I2/c1-4-7-8-11(13)9-10(5-2)12(14)6-3/h9H,4-8H2,1-3H3/b11-9-,12-10-. The number of hydrogen-bond acceptors (Lipinski definition) is 0. The van der Waals surface area contributed by atoms with Gasteiger partial charge in [-0.15, -0.1) is 0 Å².